The molecule has 0 spiro atoms. The van der Waals surface area contributed by atoms with Gasteiger partial charge in [-0.3, -0.25) is 0 Å². The van der Waals surface area contributed by atoms with E-state index in [1.165, 1.54) is 32.4 Å². The Morgan fingerprint density at radius 3 is 2.69 bits per heavy atom. The fourth-order valence-corrected chi connectivity index (χ4v) is 2.80. The highest BCUT2D eigenvalue weighted by Crippen LogP contribution is 2.43. The largest absolute Gasteiger partial charge is 0.316 e. The molecule has 1 nitrogen and oxygen atoms in total. The molecule has 0 bridgehead atoms. The second kappa shape index (κ2) is 4.45. The molecule has 3 unspecified atom stereocenters. The molecule has 1 rings (SSSR count). The lowest BCUT2D eigenvalue weighted by molar-refractivity contribution is 0.0584. The Morgan fingerprint density at radius 1 is 1.46 bits per heavy atom. The highest BCUT2D eigenvalue weighted by molar-refractivity contribution is 4.90. The van der Waals surface area contributed by atoms with Crippen molar-refractivity contribution in [3.05, 3.63) is 0 Å². The average molecular weight is 183 g/mol. The van der Waals surface area contributed by atoms with Gasteiger partial charge in [-0.2, -0.15) is 0 Å². The van der Waals surface area contributed by atoms with Gasteiger partial charge in [0.15, 0.2) is 0 Å². The molecule has 0 amide bonds. The van der Waals surface area contributed by atoms with Crippen molar-refractivity contribution in [3.63, 3.8) is 0 Å². The van der Waals surface area contributed by atoms with E-state index < -0.39 is 0 Å². The molecule has 0 aromatic heterocycles. The molecule has 13 heavy (non-hydrogen) atoms. The number of rotatable bonds is 3. The fourth-order valence-electron chi connectivity index (χ4n) is 2.80. The van der Waals surface area contributed by atoms with Gasteiger partial charge in [-0.1, -0.05) is 40.5 Å². The molecule has 0 aromatic rings. The van der Waals surface area contributed by atoms with Gasteiger partial charge in [0.2, 0.25) is 0 Å². The lowest BCUT2D eigenvalue weighted by Gasteiger charge is -2.46. The van der Waals surface area contributed by atoms with Crippen LogP contribution >= 0.6 is 0 Å². The average Bonchev–Trinajstić information content (AvgIpc) is 2.17. The van der Waals surface area contributed by atoms with Crippen molar-refractivity contribution in [2.45, 2.75) is 47.0 Å². The number of hydrogen-bond acceptors (Lipinski definition) is 1. The minimum Gasteiger partial charge on any atom is -0.316 e. The SMILES string of the molecule is CCC(C)C1(C)CCNCC1CC. The summed E-state index contributed by atoms with van der Waals surface area (Å²) in [7, 11) is 0. The first-order valence-electron chi connectivity index (χ1n) is 5.85. The van der Waals surface area contributed by atoms with Gasteiger partial charge in [0, 0.05) is 0 Å². The van der Waals surface area contributed by atoms with E-state index in [2.05, 4.69) is 33.0 Å². The van der Waals surface area contributed by atoms with Crippen molar-refractivity contribution in [1.82, 2.24) is 5.32 Å². The van der Waals surface area contributed by atoms with Crippen LogP contribution < -0.4 is 5.32 Å². The minimum absolute atomic E-state index is 0.592. The monoisotopic (exact) mass is 183 g/mol. The van der Waals surface area contributed by atoms with E-state index in [0.717, 1.165) is 11.8 Å². The topological polar surface area (TPSA) is 12.0 Å². The van der Waals surface area contributed by atoms with Crippen molar-refractivity contribution < 1.29 is 0 Å². The van der Waals surface area contributed by atoms with Crippen molar-refractivity contribution in [3.8, 4) is 0 Å². The van der Waals surface area contributed by atoms with E-state index in [0.29, 0.717) is 5.41 Å². The maximum Gasteiger partial charge on any atom is -0.00153 e. The number of nitrogens with one attached hydrogen (secondary N) is 1. The molecule has 1 heteroatoms. The van der Waals surface area contributed by atoms with Gasteiger partial charge in [-0.25, -0.2) is 0 Å². The molecule has 1 saturated heterocycles. The first-order valence-corrected chi connectivity index (χ1v) is 5.85. The highest BCUT2D eigenvalue weighted by Gasteiger charge is 2.38. The first kappa shape index (κ1) is 11.0. The van der Waals surface area contributed by atoms with Crippen LogP contribution in [0.15, 0.2) is 0 Å². The van der Waals surface area contributed by atoms with Gasteiger partial charge in [-0.05, 0) is 36.8 Å². The molecule has 0 radical (unpaired) electrons. The third-order valence-electron chi connectivity index (χ3n) is 4.39. The first-order chi connectivity index (χ1) is 6.15. The van der Waals surface area contributed by atoms with Gasteiger partial charge < -0.3 is 5.32 Å². The molecular formula is C12H25N. The Hall–Kier alpha value is -0.0400. The molecule has 1 fully saturated rings. The van der Waals surface area contributed by atoms with Crippen molar-refractivity contribution >= 4 is 0 Å². The Kier molecular flexibility index (Phi) is 3.78. The van der Waals surface area contributed by atoms with Gasteiger partial charge in [0.25, 0.3) is 0 Å². The van der Waals surface area contributed by atoms with Crippen LogP contribution in [-0.2, 0) is 0 Å². The molecular weight excluding hydrogens is 158 g/mol. The third-order valence-corrected chi connectivity index (χ3v) is 4.39. The predicted octanol–water partition coefficient (Wildman–Crippen LogP) is 3.06. The van der Waals surface area contributed by atoms with E-state index in [4.69, 9.17) is 0 Å². The maximum absolute atomic E-state index is 3.52. The quantitative estimate of drug-likeness (QED) is 0.709. The molecule has 1 heterocycles. The summed E-state index contributed by atoms with van der Waals surface area (Å²) in [5.41, 5.74) is 0.592. The van der Waals surface area contributed by atoms with Gasteiger partial charge in [0.1, 0.15) is 0 Å². The highest BCUT2D eigenvalue weighted by atomic mass is 14.9. The standard InChI is InChI=1S/C12H25N/c1-5-10(3)12(4)7-8-13-9-11(12)6-2/h10-11,13H,5-9H2,1-4H3. The van der Waals surface area contributed by atoms with E-state index in [1.807, 2.05) is 0 Å². The second-order valence-corrected chi connectivity index (χ2v) is 4.87. The molecule has 0 saturated carbocycles. The minimum atomic E-state index is 0.592. The van der Waals surface area contributed by atoms with Crippen LogP contribution in [0.2, 0.25) is 0 Å². The summed E-state index contributed by atoms with van der Waals surface area (Å²) < 4.78 is 0. The Morgan fingerprint density at radius 2 is 2.15 bits per heavy atom. The summed E-state index contributed by atoms with van der Waals surface area (Å²) >= 11 is 0. The van der Waals surface area contributed by atoms with Crippen LogP contribution in [-0.4, -0.2) is 13.1 Å². The van der Waals surface area contributed by atoms with Crippen molar-refractivity contribution in [1.29, 1.82) is 0 Å². The van der Waals surface area contributed by atoms with Crippen molar-refractivity contribution in [2.75, 3.05) is 13.1 Å². The maximum atomic E-state index is 3.52. The summed E-state index contributed by atoms with van der Waals surface area (Å²) in [6, 6.07) is 0. The second-order valence-electron chi connectivity index (χ2n) is 4.87. The summed E-state index contributed by atoms with van der Waals surface area (Å²) in [6.07, 6.45) is 4.02. The Labute approximate surface area is 83.3 Å². The molecule has 3 atom stereocenters. The smallest absolute Gasteiger partial charge is 0.00153 e. The van der Waals surface area contributed by atoms with E-state index in [9.17, 15) is 0 Å². The van der Waals surface area contributed by atoms with Crippen LogP contribution in [0.1, 0.15) is 47.0 Å². The normalized spacial score (nSPS) is 37.4. The zero-order valence-corrected chi connectivity index (χ0v) is 9.69. The van der Waals surface area contributed by atoms with Crippen LogP contribution in [0.3, 0.4) is 0 Å². The predicted molar refractivity (Wildman–Crippen MR) is 58.8 cm³/mol. The summed E-state index contributed by atoms with van der Waals surface area (Å²) in [4.78, 5) is 0. The third kappa shape index (κ3) is 2.07. The Balaban J connectivity index is 2.70. The molecule has 1 aliphatic heterocycles. The van der Waals surface area contributed by atoms with E-state index >= 15 is 0 Å². The van der Waals surface area contributed by atoms with Crippen LogP contribution in [0.4, 0.5) is 0 Å². The molecule has 0 aliphatic carbocycles. The lowest BCUT2D eigenvalue weighted by Crippen LogP contribution is -2.46. The molecule has 0 aromatic carbocycles. The summed E-state index contributed by atoms with van der Waals surface area (Å²) in [6.45, 7) is 12.0. The summed E-state index contributed by atoms with van der Waals surface area (Å²) in [5.74, 6) is 1.76. The van der Waals surface area contributed by atoms with E-state index in [-0.39, 0.29) is 0 Å². The number of piperidine rings is 1. The van der Waals surface area contributed by atoms with Gasteiger partial charge in [-0.15, -0.1) is 0 Å². The van der Waals surface area contributed by atoms with Crippen LogP contribution in [0.5, 0.6) is 0 Å². The zero-order chi connectivity index (χ0) is 9.90. The van der Waals surface area contributed by atoms with Gasteiger partial charge >= 0.3 is 0 Å². The molecule has 1 aliphatic rings. The molecule has 1 N–H and O–H groups in total. The Bertz CT molecular complexity index is 155. The van der Waals surface area contributed by atoms with Crippen LogP contribution in [0, 0.1) is 17.3 Å². The fraction of sp³-hybridized carbons (Fsp3) is 1.00. The van der Waals surface area contributed by atoms with E-state index in [1.54, 1.807) is 0 Å². The lowest BCUT2D eigenvalue weighted by atomic mass is 9.63. The number of hydrogen-bond donors (Lipinski definition) is 1. The zero-order valence-electron chi connectivity index (χ0n) is 9.69. The van der Waals surface area contributed by atoms with Crippen LogP contribution in [0.25, 0.3) is 0 Å². The molecule has 78 valence electrons. The van der Waals surface area contributed by atoms with Gasteiger partial charge in [0.05, 0.1) is 0 Å². The van der Waals surface area contributed by atoms with Crippen molar-refractivity contribution in [2.24, 2.45) is 17.3 Å². The summed E-state index contributed by atoms with van der Waals surface area (Å²) in [5, 5.41) is 3.52.